The molecular formula is C12H15BrFN. The van der Waals surface area contributed by atoms with Crippen LogP contribution in [0.2, 0.25) is 0 Å². The number of rotatable bonds is 4. The lowest BCUT2D eigenvalue weighted by molar-refractivity contribution is 0.535. The van der Waals surface area contributed by atoms with Crippen molar-refractivity contribution >= 4 is 15.9 Å². The number of nitrogens with two attached hydrogens (primary N) is 1. The molecule has 0 amide bonds. The van der Waals surface area contributed by atoms with Crippen molar-refractivity contribution in [2.45, 2.75) is 31.7 Å². The Morgan fingerprint density at radius 3 is 2.87 bits per heavy atom. The van der Waals surface area contributed by atoms with Crippen molar-refractivity contribution in [3.63, 3.8) is 0 Å². The van der Waals surface area contributed by atoms with Gasteiger partial charge in [0.15, 0.2) is 0 Å². The molecule has 1 saturated carbocycles. The van der Waals surface area contributed by atoms with Crippen LogP contribution in [0.5, 0.6) is 0 Å². The van der Waals surface area contributed by atoms with Crippen LogP contribution in [-0.4, -0.2) is 6.04 Å². The molecular weight excluding hydrogens is 257 g/mol. The highest BCUT2D eigenvalue weighted by atomic mass is 79.9. The van der Waals surface area contributed by atoms with E-state index >= 15 is 0 Å². The second kappa shape index (κ2) is 4.62. The molecule has 2 N–H and O–H groups in total. The Balaban J connectivity index is 1.94. The van der Waals surface area contributed by atoms with Crippen LogP contribution in [0, 0.1) is 11.7 Å². The maximum absolute atomic E-state index is 13.4. The Morgan fingerprint density at radius 1 is 1.47 bits per heavy atom. The zero-order valence-electron chi connectivity index (χ0n) is 8.55. The molecule has 0 saturated heterocycles. The molecule has 1 atom stereocenters. The topological polar surface area (TPSA) is 26.0 Å². The third-order valence-electron chi connectivity index (χ3n) is 2.98. The Bertz CT molecular complexity index is 349. The van der Waals surface area contributed by atoms with Gasteiger partial charge in [0.05, 0.1) is 0 Å². The van der Waals surface area contributed by atoms with Gasteiger partial charge in [-0.05, 0) is 55.4 Å². The molecule has 1 fully saturated rings. The highest BCUT2D eigenvalue weighted by molar-refractivity contribution is 9.10. The highest BCUT2D eigenvalue weighted by Gasteiger charge is 2.28. The molecule has 1 aromatic carbocycles. The summed E-state index contributed by atoms with van der Waals surface area (Å²) in [4.78, 5) is 0. The van der Waals surface area contributed by atoms with Gasteiger partial charge in [0, 0.05) is 10.5 Å². The fraction of sp³-hybridized carbons (Fsp3) is 0.500. The molecule has 2 rings (SSSR count). The quantitative estimate of drug-likeness (QED) is 0.894. The van der Waals surface area contributed by atoms with Gasteiger partial charge < -0.3 is 5.73 Å². The first kappa shape index (κ1) is 11.1. The minimum atomic E-state index is -0.124. The van der Waals surface area contributed by atoms with Gasteiger partial charge in [-0.1, -0.05) is 15.9 Å². The van der Waals surface area contributed by atoms with Crippen LogP contribution in [0.3, 0.4) is 0 Å². The normalized spacial score (nSPS) is 17.8. The number of aryl methyl sites for hydroxylation is 1. The van der Waals surface area contributed by atoms with Crippen molar-refractivity contribution in [3.8, 4) is 0 Å². The van der Waals surface area contributed by atoms with Crippen LogP contribution in [0.15, 0.2) is 22.7 Å². The second-order valence-corrected chi connectivity index (χ2v) is 5.19. The summed E-state index contributed by atoms with van der Waals surface area (Å²) in [5.74, 6) is 0.571. The largest absolute Gasteiger partial charge is 0.327 e. The highest BCUT2D eigenvalue weighted by Crippen LogP contribution is 2.33. The molecule has 82 valence electrons. The van der Waals surface area contributed by atoms with E-state index in [1.165, 1.54) is 18.9 Å². The van der Waals surface area contributed by atoms with Crippen LogP contribution in [0.4, 0.5) is 4.39 Å². The van der Waals surface area contributed by atoms with Crippen molar-refractivity contribution in [2.75, 3.05) is 0 Å². The first-order chi connectivity index (χ1) is 7.16. The summed E-state index contributed by atoms with van der Waals surface area (Å²) in [5.41, 5.74) is 6.75. The first-order valence-corrected chi connectivity index (χ1v) is 6.15. The maximum Gasteiger partial charge on any atom is 0.126 e. The molecule has 1 unspecified atom stereocenters. The Morgan fingerprint density at radius 2 is 2.20 bits per heavy atom. The van der Waals surface area contributed by atoms with Gasteiger partial charge in [-0.2, -0.15) is 0 Å². The molecule has 15 heavy (non-hydrogen) atoms. The summed E-state index contributed by atoms with van der Waals surface area (Å²) in [6.07, 6.45) is 4.13. The predicted octanol–water partition coefficient (Wildman–Crippen LogP) is 3.26. The Labute approximate surface area is 98.0 Å². The van der Waals surface area contributed by atoms with E-state index in [1.54, 1.807) is 6.07 Å². The fourth-order valence-corrected chi connectivity index (χ4v) is 2.23. The van der Waals surface area contributed by atoms with E-state index in [9.17, 15) is 4.39 Å². The van der Waals surface area contributed by atoms with Crippen molar-refractivity contribution in [1.82, 2.24) is 0 Å². The van der Waals surface area contributed by atoms with Crippen molar-refractivity contribution < 1.29 is 4.39 Å². The van der Waals surface area contributed by atoms with Gasteiger partial charge in [0.2, 0.25) is 0 Å². The second-order valence-electron chi connectivity index (χ2n) is 4.28. The van der Waals surface area contributed by atoms with Gasteiger partial charge >= 0.3 is 0 Å². The maximum atomic E-state index is 13.4. The fourth-order valence-electron chi connectivity index (χ4n) is 1.82. The molecule has 3 heteroatoms. The molecule has 1 aliphatic carbocycles. The molecule has 0 aromatic heterocycles. The predicted molar refractivity (Wildman–Crippen MR) is 63.1 cm³/mol. The summed E-state index contributed by atoms with van der Waals surface area (Å²) in [6, 6.07) is 5.32. The molecule has 1 aliphatic rings. The SMILES string of the molecule is NC(CCc1cc(Br)ccc1F)C1CC1. The third-order valence-corrected chi connectivity index (χ3v) is 3.48. The lowest BCUT2D eigenvalue weighted by atomic mass is 10.0. The average Bonchev–Trinajstić information content (AvgIpc) is 3.02. The number of hydrogen-bond donors (Lipinski definition) is 1. The number of hydrogen-bond acceptors (Lipinski definition) is 1. The summed E-state index contributed by atoms with van der Waals surface area (Å²) < 4.78 is 14.3. The molecule has 0 radical (unpaired) electrons. The van der Waals surface area contributed by atoms with Crippen LogP contribution in [0.1, 0.15) is 24.8 Å². The van der Waals surface area contributed by atoms with E-state index in [0.29, 0.717) is 5.92 Å². The van der Waals surface area contributed by atoms with Crippen LogP contribution < -0.4 is 5.73 Å². The van der Waals surface area contributed by atoms with Crippen LogP contribution in [-0.2, 0) is 6.42 Å². The van der Waals surface area contributed by atoms with Crippen molar-refractivity contribution in [2.24, 2.45) is 11.7 Å². The Kier molecular flexibility index (Phi) is 3.42. The summed E-state index contributed by atoms with van der Waals surface area (Å²) in [5, 5.41) is 0. The minimum Gasteiger partial charge on any atom is -0.327 e. The lowest BCUT2D eigenvalue weighted by Crippen LogP contribution is -2.23. The van der Waals surface area contributed by atoms with E-state index in [2.05, 4.69) is 15.9 Å². The van der Waals surface area contributed by atoms with E-state index < -0.39 is 0 Å². The van der Waals surface area contributed by atoms with Gasteiger partial charge in [-0.15, -0.1) is 0 Å². The Hall–Kier alpha value is -0.410. The standard InChI is InChI=1S/C12H15BrFN/c13-10-4-5-11(14)9(7-10)3-6-12(15)8-1-2-8/h4-5,7-8,12H,1-3,6,15H2. The summed E-state index contributed by atoms with van der Waals surface area (Å²) >= 11 is 3.35. The van der Waals surface area contributed by atoms with Gasteiger partial charge in [0.25, 0.3) is 0 Å². The third kappa shape index (κ3) is 3.02. The summed E-state index contributed by atoms with van der Waals surface area (Å²) in [6.45, 7) is 0. The van der Waals surface area contributed by atoms with Gasteiger partial charge in [-0.3, -0.25) is 0 Å². The lowest BCUT2D eigenvalue weighted by Gasteiger charge is -2.10. The zero-order valence-corrected chi connectivity index (χ0v) is 10.1. The van der Waals surface area contributed by atoms with Crippen molar-refractivity contribution in [1.29, 1.82) is 0 Å². The van der Waals surface area contributed by atoms with Gasteiger partial charge in [0.1, 0.15) is 5.82 Å². The van der Waals surface area contributed by atoms with Crippen molar-refractivity contribution in [3.05, 3.63) is 34.1 Å². The van der Waals surface area contributed by atoms with E-state index in [-0.39, 0.29) is 11.9 Å². The molecule has 0 bridgehead atoms. The number of benzene rings is 1. The van der Waals surface area contributed by atoms with E-state index in [4.69, 9.17) is 5.73 Å². The molecule has 0 spiro atoms. The smallest absolute Gasteiger partial charge is 0.126 e. The van der Waals surface area contributed by atoms with E-state index in [1.807, 2.05) is 6.07 Å². The van der Waals surface area contributed by atoms with Crippen LogP contribution in [0.25, 0.3) is 0 Å². The van der Waals surface area contributed by atoms with Crippen LogP contribution >= 0.6 is 15.9 Å². The number of halogens is 2. The first-order valence-electron chi connectivity index (χ1n) is 5.36. The van der Waals surface area contributed by atoms with Gasteiger partial charge in [-0.25, -0.2) is 4.39 Å². The molecule has 1 nitrogen and oxygen atoms in total. The average molecular weight is 272 g/mol. The minimum absolute atomic E-state index is 0.124. The summed E-state index contributed by atoms with van der Waals surface area (Å²) in [7, 11) is 0. The molecule has 1 aromatic rings. The zero-order chi connectivity index (χ0) is 10.8. The molecule has 0 aliphatic heterocycles. The monoisotopic (exact) mass is 271 g/mol. The van der Waals surface area contributed by atoms with E-state index in [0.717, 1.165) is 22.9 Å². The molecule has 0 heterocycles.